The first-order chi connectivity index (χ1) is 11.5. The SMILES string of the molecule is CN(C)C(=O)C1CCC(CNC2CCCOc3cc(F)ccc32)O1. The fourth-order valence-electron chi connectivity index (χ4n) is 3.36. The van der Waals surface area contributed by atoms with Crippen LogP contribution in [0.25, 0.3) is 0 Å². The molecule has 0 aromatic heterocycles. The van der Waals surface area contributed by atoms with Crippen molar-refractivity contribution >= 4 is 5.91 Å². The number of halogens is 1. The van der Waals surface area contributed by atoms with Crippen molar-refractivity contribution < 1.29 is 18.7 Å². The molecule has 1 N–H and O–H groups in total. The second-order valence-electron chi connectivity index (χ2n) is 6.69. The van der Waals surface area contributed by atoms with E-state index in [4.69, 9.17) is 9.47 Å². The first kappa shape index (κ1) is 17.2. The zero-order valence-corrected chi connectivity index (χ0v) is 14.3. The third-order valence-electron chi connectivity index (χ3n) is 4.66. The number of nitrogens with one attached hydrogen (secondary N) is 1. The second kappa shape index (κ2) is 7.49. The van der Waals surface area contributed by atoms with E-state index in [-0.39, 0.29) is 30.0 Å². The number of fused-ring (bicyclic) bond motifs is 1. The Kier molecular flexibility index (Phi) is 5.36. The average molecular weight is 336 g/mol. The Morgan fingerprint density at radius 3 is 2.96 bits per heavy atom. The summed E-state index contributed by atoms with van der Waals surface area (Å²) >= 11 is 0. The number of likely N-dealkylation sites (N-methyl/N-ethyl adjacent to an activating group) is 1. The summed E-state index contributed by atoms with van der Waals surface area (Å²) in [7, 11) is 3.50. The Morgan fingerprint density at radius 2 is 2.17 bits per heavy atom. The highest BCUT2D eigenvalue weighted by Gasteiger charge is 2.32. The van der Waals surface area contributed by atoms with Crippen molar-refractivity contribution in [3.63, 3.8) is 0 Å². The minimum atomic E-state index is -0.328. The van der Waals surface area contributed by atoms with Crippen LogP contribution in [0.2, 0.25) is 0 Å². The molecule has 1 saturated heterocycles. The zero-order valence-electron chi connectivity index (χ0n) is 14.3. The number of hydrogen-bond donors (Lipinski definition) is 1. The predicted octanol–water partition coefficient (Wildman–Crippen LogP) is 2.26. The molecule has 0 saturated carbocycles. The fourth-order valence-corrected chi connectivity index (χ4v) is 3.36. The summed E-state index contributed by atoms with van der Waals surface area (Å²) in [5.41, 5.74) is 0.993. The standard InChI is InChI=1S/C18H25FN2O3/c1-21(2)18(22)16-8-6-13(24-16)11-20-15-4-3-9-23-17-10-12(19)5-7-14(15)17/h5,7,10,13,15-16,20H,3-4,6,8-9,11H2,1-2H3. The molecule has 0 aliphatic carbocycles. The molecule has 0 radical (unpaired) electrons. The van der Waals surface area contributed by atoms with Crippen LogP contribution < -0.4 is 10.1 Å². The number of benzene rings is 1. The van der Waals surface area contributed by atoms with Crippen molar-refractivity contribution in [1.29, 1.82) is 0 Å². The highest BCUT2D eigenvalue weighted by atomic mass is 19.1. The zero-order chi connectivity index (χ0) is 17.1. The van der Waals surface area contributed by atoms with E-state index in [0.717, 1.165) is 31.2 Å². The number of hydrogen-bond acceptors (Lipinski definition) is 4. The predicted molar refractivity (Wildman–Crippen MR) is 88.5 cm³/mol. The summed E-state index contributed by atoms with van der Waals surface area (Å²) in [6.07, 6.45) is 3.19. The normalized spacial score (nSPS) is 26.4. The highest BCUT2D eigenvalue weighted by molar-refractivity contribution is 5.80. The number of ether oxygens (including phenoxy) is 2. The van der Waals surface area contributed by atoms with Gasteiger partial charge in [0.05, 0.1) is 12.7 Å². The lowest BCUT2D eigenvalue weighted by molar-refractivity contribution is -0.140. The van der Waals surface area contributed by atoms with E-state index in [1.807, 2.05) is 0 Å². The smallest absolute Gasteiger partial charge is 0.251 e. The Labute approximate surface area is 142 Å². The van der Waals surface area contributed by atoms with Gasteiger partial charge in [-0.1, -0.05) is 6.07 Å². The molecular weight excluding hydrogens is 311 g/mol. The van der Waals surface area contributed by atoms with Crippen molar-refractivity contribution in [2.75, 3.05) is 27.2 Å². The Bertz CT molecular complexity index is 594. The molecular formula is C18H25FN2O3. The van der Waals surface area contributed by atoms with Crippen LogP contribution in [-0.2, 0) is 9.53 Å². The second-order valence-corrected chi connectivity index (χ2v) is 6.69. The van der Waals surface area contributed by atoms with Gasteiger partial charge < -0.3 is 19.7 Å². The van der Waals surface area contributed by atoms with Crippen molar-refractivity contribution in [3.8, 4) is 5.75 Å². The van der Waals surface area contributed by atoms with Crippen molar-refractivity contribution in [3.05, 3.63) is 29.6 Å². The van der Waals surface area contributed by atoms with Crippen LogP contribution in [0.4, 0.5) is 4.39 Å². The molecule has 24 heavy (non-hydrogen) atoms. The highest BCUT2D eigenvalue weighted by Crippen LogP contribution is 2.32. The van der Waals surface area contributed by atoms with Gasteiger partial charge in [0.2, 0.25) is 0 Å². The van der Waals surface area contributed by atoms with E-state index >= 15 is 0 Å². The lowest BCUT2D eigenvalue weighted by Crippen LogP contribution is -2.35. The van der Waals surface area contributed by atoms with Crippen molar-refractivity contribution in [2.24, 2.45) is 0 Å². The van der Waals surface area contributed by atoms with Gasteiger partial charge in [-0.25, -0.2) is 4.39 Å². The number of carbonyl (C=O) groups is 1. The maximum Gasteiger partial charge on any atom is 0.251 e. The molecule has 0 spiro atoms. The summed E-state index contributed by atoms with van der Waals surface area (Å²) < 4.78 is 24.9. The lowest BCUT2D eigenvalue weighted by Gasteiger charge is -2.21. The van der Waals surface area contributed by atoms with Gasteiger partial charge in [-0.05, 0) is 31.7 Å². The molecule has 2 aliphatic rings. The molecule has 3 unspecified atom stereocenters. The summed E-state index contributed by atoms with van der Waals surface area (Å²) in [5, 5.41) is 3.52. The molecule has 1 aromatic carbocycles. The van der Waals surface area contributed by atoms with Gasteiger partial charge in [-0.15, -0.1) is 0 Å². The maximum absolute atomic E-state index is 13.4. The van der Waals surface area contributed by atoms with E-state index in [1.54, 1.807) is 25.1 Å². The molecule has 3 atom stereocenters. The van der Waals surface area contributed by atoms with E-state index in [9.17, 15) is 9.18 Å². The minimum absolute atomic E-state index is 0.0289. The third-order valence-corrected chi connectivity index (χ3v) is 4.66. The van der Waals surface area contributed by atoms with E-state index in [0.29, 0.717) is 18.9 Å². The van der Waals surface area contributed by atoms with Gasteiger partial charge >= 0.3 is 0 Å². The van der Waals surface area contributed by atoms with E-state index < -0.39 is 0 Å². The number of nitrogens with zero attached hydrogens (tertiary/aromatic N) is 1. The van der Waals surface area contributed by atoms with E-state index in [1.165, 1.54) is 12.1 Å². The number of amides is 1. The first-order valence-corrected chi connectivity index (χ1v) is 8.57. The molecule has 2 heterocycles. The molecule has 1 fully saturated rings. The Morgan fingerprint density at radius 1 is 1.33 bits per heavy atom. The quantitative estimate of drug-likeness (QED) is 0.916. The molecule has 1 amide bonds. The molecule has 6 heteroatoms. The molecule has 5 nitrogen and oxygen atoms in total. The number of rotatable bonds is 4. The van der Waals surface area contributed by atoms with Crippen molar-refractivity contribution in [1.82, 2.24) is 10.2 Å². The minimum Gasteiger partial charge on any atom is -0.493 e. The van der Waals surface area contributed by atoms with Crippen LogP contribution >= 0.6 is 0 Å². The molecule has 2 aliphatic heterocycles. The van der Waals surface area contributed by atoms with Crippen LogP contribution in [0.1, 0.15) is 37.3 Å². The maximum atomic E-state index is 13.4. The summed E-state index contributed by atoms with van der Waals surface area (Å²) in [6.45, 7) is 1.28. The van der Waals surface area contributed by atoms with Crippen LogP contribution in [-0.4, -0.2) is 50.3 Å². The van der Waals surface area contributed by atoms with Crippen LogP contribution in [0.3, 0.4) is 0 Å². The van der Waals surface area contributed by atoms with Crippen LogP contribution in [0.5, 0.6) is 5.75 Å². The number of carbonyl (C=O) groups excluding carboxylic acids is 1. The first-order valence-electron chi connectivity index (χ1n) is 8.57. The topological polar surface area (TPSA) is 50.8 Å². The largest absolute Gasteiger partial charge is 0.493 e. The van der Waals surface area contributed by atoms with Crippen molar-refractivity contribution in [2.45, 2.75) is 43.9 Å². The Balaban J connectivity index is 1.58. The van der Waals surface area contributed by atoms with Gasteiger partial charge in [-0.2, -0.15) is 0 Å². The van der Waals surface area contributed by atoms with E-state index in [2.05, 4.69) is 5.32 Å². The summed E-state index contributed by atoms with van der Waals surface area (Å²) in [5.74, 6) is 0.373. The van der Waals surface area contributed by atoms with Gasteiger partial charge in [0.15, 0.2) is 0 Å². The molecule has 0 bridgehead atoms. The molecule has 3 rings (SSSR count). The van der Waals surface area contributed by atoms with Crippen LogP contribution in [0, 0.1) is 5.82 Å². The van der Waals surface area contributed by atoms with Gasteiger partial charge in [-0.3, -0.25) is 4.79 Å². The van der Waals surface area contributed by atoms with Crippen LogP contribution in [0.15, 0.2) is 18.2 Å². The Hall–Kier alpha value is -1.66. The lowest BCUT2D eigenvalue weighted by atomic mass is 10.0. The fraction of sp³-hybridized carbons (Fsp3) is 0.611. The van der Waals surface area contributed by atoms with Gasteiger partial charge in [0.25, 0.3) is 5.91 Å². The summed E-state index contributed by atoms with van der Waals surface area (Å²) in [4.78, 5) is 13.5. The molecule has 1 aromatic rings. The monoisotopic (exact) mass is 336 g/mol. The third kappa shape index (κ3) is 3.87. The summed E-state index contributed by atoms with van der Waals surface area (Å²) in [6, 6.07) is 4.84. The van der Waals surface area contributed by atoms with Gasteiger partial charge in [0.1, 0.15) is 17.7 Å². The average Bonchev–Trinajstić information content (AvgIpc) is 2.94. The van der Waals surface area contributed by atoms with Gasteiger partial charge in [0, 0.05) is 38.3 Å². The molecule has 132 valence electrons.